The highest BCUT2D eigenvalue weighted by Gasteiger charge is 2.76. The minimum absolute atomic E-state index is 0.0145. The summed E-state index contributed by atoms with van der Waals surface area (Å²) in [5.41, 5.74) is 12.6. The Morgan fingerprint density at radius 2 is 1.20 bits per heavy atom. The maximum atomic E-state index is 15.1. The maximum absolute atomic E-state index is 15.1. The number of hydrogen-bond acceptors (Lipinski definition) is 18. The first kappa shape index (κ1) is 75.6. The molecule has 5 aromatic rings. The number of unbranched alkanes of at least 4 members (excludes halogenated alkanes) is 1. The molecule has 29 nitrogen and oxygen atoms in total. The number of carboxylic acid groups (broad SMARTS) is 1. The predicted molar refractivity (Wildman–Crippen MR) is 376 cm³/mol. The number of primary amides is 1. The van der Waals surface area contributed by atoms with E-state index in [2.05, 4.69) is 26.6 Å². The number of aliphatic hydroxyl groups is 3. The third-order valence-electron chi connectivity index (χ3n) is 19.8. The van der Waals surface area contributed by atoms with E-state index in [9.17, 15) is 58.8 Å². The lowest BCUT2D eigenvalue weighted by molar-refractivity contribution is -0.270. The summed E-state index contributed by atoms with van der Waals surface area (Å²) < 4.78 is 23.3. The van der Waals surface area contributed by atoms with E-state index in [1.165, 1.54) is 30.8 Å². The lowest BCUT2D eigenvalue weighted by Crippen LogP contribution is -2.73. The van der Waals surface area contributed by atoms with Crippen molar-refractivity contribution in [3.8, 4) is 11.5 Å². The number of rotatable bonds is 29. The van der Waals surface area contributed by atoms with E-state index in [1.54, 1.807) is 84.3 Å². The number of anilines is 3. The van der Waals surface area contributed by atoms with Gasteiger partial charge in [0.25, 0.3) is 0 Å². The standard InChI is InChI=1S/C71H87Cl2N11O18/c1-37(2)55(80-61(90)47(77-38(3)85)17-10-11-23-74)62(91)79-48(18-12-24-76-67(75)96)60(89)78-42-21-19-39(20-22-42)33-99-68(97)81(4)25-26-82(5)69(98)101-52-28-50-54(46-16-9-7-14-44(46)52)41(30-73)32-84(50)66(95)71-34-70(35-71,36-71)65(94)83-31-40(29-72)53-45-15-8-6-13-43(45)51(27-49(53)83)100-64-58(88)56(86)57(87)59(102-64)63(92)93/h6-9,13-16,19-22,27-28,37,40-41,47-48,55-59,64,86-88H,10-12,17-18,23-26,29-36,74H2,1-5H3,(H,77,85)(H,78,89)(H,79,91)(H,80,90)(H,92,93)(H3,75,76,96)/t40-,41-,47+,48?,55+,56+,57+,58-,59+,64-,70?,71?/m1/s1. The van der Waals surface area contributed by atoms with Gasteiger partial charge in [0.1, 0.15) is 54.5 Å². The molecule has 3 aliphatic carbocycles. The van der Waals surface area contributed by atoms with Crippen molar-refractivity contribution in [2.24, 2.45) is 28.2 Å². The highest BCUT2D eigenvalue weighted by atomic mass is 35.5. The summed E-state index contributed by atoms with van der Waals surface area (Å²) in [4.78, 5) is 140. The number of aliphatic carboxylic acids is 1. The number of carboxylic acids is 1. The van der Waals surface area contributed by atoms with Gasteiger partial charge in [0.15, 0.2) is 6.10 Å². The molecule has 10 atom stereocenters. The molecule has 4 fully saturated rings. The van der Waals surface area contributed by atoms with Crippen LogP contribution < -0.4 is 57.3 Å². The number of urea groups is 1. The maximum Gasteiger partial charge on any atom is 0.415 e. The summed E-state index contributed by atoms with van der Waals surface area (Å²) in [5.74, 6) is -4.67. The number of carbonyl (C=O) groups excluding carboxylic acids is 9. The van der Waals surface area contributed by atoms with E-state index < -0.39 is 113 Å². The molecule has 6 aliphatic rings. The molecule has 0 aromatic heterocycles. The first-order chi connectivity index (χ1) is 48.6. The normalized spacial score (nSPS) is 23.1. The molecule has 13 N–H and O–H groups in total. The predicted octanol–water partition coefficient (Wildman–Crippen LogP) is 4.82. The molecule has 1 unspecified atom stereocenters. The van der Waals surface area contributed by atoms with Crippen LogP contribution in [0.25, 0.3) is 21.5 Å². The smallest absolute Gasteiger partial charge is 0.415 e. The van der Waals surface area contributed by atoms with Gasteiger partial charge in [-0.3, -0.25) is 28.8 Å². The summed E-state index contributed by atoms with van der Waals surface area (Å²) in [5, 5.41) is 57.4. The number of nitrogens with zero attached hydrogens (tertiary/aromatic N) is 4. The molecule has 11 rings (SSSR count). The fourth-order valence-electron chi connectivity index (χ4n) is 14.4. The molecule has 3 saturated carbocycles. The summed E-state index contributed by atoms with van der Waals surface area (Å²) in [7, 11) is 3.01. The van der Waals surface area contributed by atoms with Gasteiger partial charge >= 0.3 is 24.2 Å². The van der Waals surface area contributed by atoms with Crippen LogP contribution in [0.3, 0.4) is 0 Å². The van der Waals surface area contributed by atoms with Crippen LogP contribution in [0.15, 0.2) is 84.9 Å². The molecule has 31 heteroatoms. The van der Waals surface area contributed by atoms with Crippen molar-refractivity contribution in [1.29, 1.82) is 0 Å². The van der Waals surface area contributed by atoms with Crippen LogP contribution in [-0.4, -0.2) is 204 Å². The van der Waals surface area contributed by atoms with Crippen LogP contribution in [0, 0.1) is 16.7 Å². The molecule has 1 saturated heterocycles. The molecule has 0 spiro atoms. The highest BCUT2D eigenvalue weighted by Crippen LogP contribution is 2.75. The van der Waals surface area contributed by atoms with Gasteiger partial charge < -0.3 is 97.0 Å². The van der Waals surface area contributed by atoms with Crippen molar-refractivity contribution in [2.75, 3.05) is 80.2 Å². The van der Waals surface area contributed by atoms with Gasteiger partial charge in [-0.05, 0) is 103 Å². The van der Waals surface area contributed by atoms with Gasteiger partial charge in [0.05, 0.1) is 22.2 Å². The molecule has 548 valence electrons. The Morgan fingerprint density at radius 3 is 1.73 bits per heavy atom. The van der Waals surface area contributed by atoms with E-state index in [0.717, 1.165) is 16.5 Å². The van der Waals surface area contributed by atoms with Gasteiger partial charge in [0, 0.05) is 106 Å². The molecule has 102 heavy (non-hydrogen) atoms. The van der Waals surface area contributed by atoms with E-state index in [4.69, 9.17) is 53.6 Å². The topological polar surface area (TPSA) is 414 Å². The van der Waals surface area contributed by atoms with Crippen LogP contribution in [-0.2, 0) is 49.6 Å². The molecule has 5 aromatic carbocycles. The number of ether oxygens (including phenoxy) is 4. The minimum Gasteiger partial charge on any atom is -0.479 e. The lowest BCUT2D eigenvalue weighted by atomic mass is 9.34. The molecular weight excluding hydrogens is 1370 g/mol. The largest absolute Gasteiger partial charge is 0.479 e. The number of likely N-dealkylation sites (N-methyl/N-ethyl adjacent to an activating group) is 2. The molecule has 2 bridgehead atoms. The molecular formula is C71H87Cl2N11O18. The fourth-order valence-corrected chi connectivity index (χ4v) is 14.9. The van der Waals surface area contributed by atoms with E-state index in [-0.39, 0.29) is 118 Å². The summed E-state index contributed by atoms with van der Waals surface area (Å²) >= 11 is 13.3. The number of benzene rings is 5. The van der Waals surface area contributed by atoms with Crippen LogP contribution in [0.4, 0.5) is 31.4 Å². The SMILES string of the molecule is CC(=O)N[C@@H](CCCCN)C(=O)N[C@H](C(=O)NC(CCCNC(N)=O)C(=O)Nc1ccc(COC(=O)N(C)CCN(C)C(=O)Oc2cc3c(c4ccccc24)[C@H](CCl)CN3C(=O)C23CC(C(=O)N4C[C@@H](CCl)c5c4cc(O[C@@H]4O[C@H](C(=O)O)[C@@H](O)[C@H](O)[C@H]4O)c4ccccc54)(C2)C3)cc1)C(C)C. The van der Waals surface area contributed by atoms with Crippen molar-refractivity contribution >= 4 is 121 Å². The number of hydrogen-bond donors (Lipinski definition) is 11. The average molecular weight is 1450 g/mol. The van der Waals surface area contributed by atoms with E-state index >= 15 is 9.59 Å². The first-order valence-corrected chi connectivity index (χ1v) is 35.0. The van der Waals surface area contributed by atoms with E-state index in [0.29, 0.717) is 64.6 Å². The number of amides is 10. The number of fused-ring (bicyclic) bond motifs is 6. The monoisotopic (exact) mass is 1450 g/mol. The second-order valence-electron chi connectivity index (χ2n) is 27.4. The Morgan fingerprint density at radius 1 is 0.667 bits per heavy atom. The fraction of sp³-hybridized carbons (Fsp3) is 0.493. The zero-order valence-electron chi connectivity index (χ0n) is 57.2. The molecule has 0 radical (unpaired) electrons. The van der Waals surface area contributed by atoms with Gasteiger partial charge in [-0.1, -0.05) is 74.5 Å². The number of aliphatic hydroxyl groups excluding tert-OH is 3. The molecule has 3 heterocycles. The summed E-state index contributed by atoms with van der Waals surface area (Å²) in [6, 6.07) is 20.2. The van der Waals surface area contributed by atoms with Gasteiger partial charge in [-0.15, -0.1) is 23.2 Å². The summed E-state index contributed by atoms with van der Waals surface area (Å²) in [6.45, 7) is 5.55. The van der Waals surface area contributed by atoms with Crippen molar-refractivity contribution in [1.82, 2.24) is 31.1 Å². The van der Waals surface area contributed by atoms with Gasteiger partial charge in [0.2, 0.25) is 41.7 Å². The van der Waals surface area contributed by atoms with Crippen molar-refractivity contribution in [2.45, 2.75) is 139 Å². The minimum atomic E-state index is -1.94. The van der Waals surface area contributed by atoms with Gasteiger partial charge in [-0.25, -0.2) is 19.2 Å². The summed E-state index contributed by atoms with van der Waals surface area (Å²) in [6.07, 6.45) is -8.26. The number of alkyl halides is 2. The van der Waals surface area contributed by atoms with Crippen molar-refractivity contribution in [3.05, 3.63) is 102 Å². The Kier molecular flexibility index (Phi) is 23.8. The van der Waals surface area contributed by atoms with Crippen LogP contribution >= 0.6 is 23.2 Å². The van der Waals surface area contributed by atoms with Gasteiger partial charge in [-0.2, -0.15) is 0 Å². The second kappa shape index (κ2) is 32.1. The van der Waals surface area contributed by atoms with Crippen LogP contribution in [0.5, 0.6) is 11.5 Å². The molecule has 3 aliphatic heterocycles. The Balaban J connectivity index is 0.742. The zero-order valence-corrected chi connectivity index (χ0v) is 58.7. The van der Waals surface area contributed by atoms with Crippen molar-refractivity contribution in [3.63, 3.8) is 0 Å². The van der Waals surface area contributed by atoms with Crippen LogP contribution in [0.2, 0.25) is 0 Å². The number of nitrogens with two attached hydrogens (primary N) is 2. The number of halogens is 2. The van der Waals surface area contributed by atoms with E-state index in [1.807, 2.05) is 24.3 Å². The lowest BCUT2D eigenvalue weighted by Gasteiger charge is -2.69. The number of carbonyl (C=O) groups is 10. The first-order valence-electron chi connectivity index (χ1n) is 33.9. The Hall–Kier alpha value is -9.10. The van der Waals surface area contributed by atoms with Crippen molar-refractivity contribution < 1.29 is 87.3 Å². The third-order valence-corrected chi connectivity index (χ3v) is 20.5. The van der Waals surface area contributed by atoms with Crippen LogP contribution in [0.1, 0.15) is 101 Å². The third kappa shape index (κ3) is 15.9. The Bertz CT molecular complexity index is 4020. The average Bonchev–Trinajstić information content (AvgIpc) is 0.968. The molecule has 10 amide bonds. The quantitative estimate of drug-likeness (QED) is 0.0226. The second-order valence-corrected chi connectivity index (χ2v) is 28.0. The number of nitrogens with one attached hydrogen (secondary N) is 5. The zero-order chi connectivity index (χ0) is 73.6. The Labute approximate surface area is 598 Å². The highest BCUT2D eigenvalue weighted by molar-refractivity contribution is 6.20.